The molecule has 0 bridgehead atoms. The largest absolute Gasteiger partial charge is 0.425 e. The van der Waals surface area contributed by atoms with Gasteiger partial charge in [-0.15, -0.1) is 0 Å². The molecule has 1 aromatic heterocycles. The molecule has 1 unspecified atom stereocenters. The number of rotatable bonds is 8. The van der Waals surface area contributed by atoms with E-state index >= 15 is 0 Å². The summed E-state index contributed by atoms with van der Waals surface area (Å²) >= 11 is 0. The van der Waals surface area contributed by atoms with Crippen LogP contribution in [-0.4, -0.2) is 20.4 Å². The first-order valence-corrected chi connectivity index (χ1v) is 12.0. The molecule has 0 aliphatic rings. The van der Waals surface area contributed by atoms with Crippen molar-refractivity contribution in [2.75, 3.05) is 0 Å². The number of carbonyl (C=O) groups excluding carboxylic acids is 1. The molecule has 32 heavy (non-hydrogen) atoms. The van der Waals surface area contributed by atoms with Crippen LogP contribution in [0.3, 0.4) is 0 Å². The first-order chi connectivity index (χ1) is 15.2. The maximum atomic E-state index is 12.9. The van der Waals surface area contributed by atoms with Gasteiger partial charge in [0.15, 0.2) is 0 Å². The molecular formula is C24H27NO6S. The van der Waals surface area contributed by atoms with E-state index < -0.39 is 27.7 Å². The highest BCUT2D eigenvalue weighted by atomic mass is 32.2. The lowest BCUT2D eigenvalue weighted by Crippen LogP contribution is -2.42. The number of ether oxygens (including phenoxy) is 1. The minimum absolute atomic E-state index is 0.0766. The van der Waals surface area contributed by atoms with E-state index in [-0.39, 0.29) is 17.1 Å². The predicted molar refractivity (Wildman–Crippen MR) is 122 cm³/mol. The molecule has 0 aliphatic carbocycles. The lowest BCUT2D eigenvalue weighted by molar-refractivity contribution is -0.136. The number of hydrogen-bond acceptors (Lipinski definition) is 6. The summed E-state index contributed by atoms with van der Waals surface area (Å²) < 4.78 is 38.9. The summed E-state index contributed by atoms with van der Waals surface area (Å²) in [6, 6.07) is 10.1. The third-order valence-corrected chi connectivity index (χ3v) is 6.77. The summed E-state index contributed by atoms with van der Waals surface area (Å²) in [5, 5.41) is 0.773. The molecule has 0 saturated carbocycles. The summed E-state index contributed by atoms with van der Waals surface area (Å²) in [5.74, 6) is -0.506. The average Bonchev–Trinajstić information content (AvgIpc) is 2.75. The van der Waals surface area contributed by atoms with Crippen molar-refractivity contribution in [3.63, 3.8) is 0 Å². The van der Waals surface area contributed by atoms with Gasteiger partial charge in [-0.3, -0.25) is 0 Å². The standard InChI is InChI=1S/C24H27NO6S/c1-5-7-20(25-32(28,29)18-10-8-15(3)9-11-18)24(27)30-21-13-12-19-17(6-2)14-22(26)31-23(19)16(21)4/h8-14,20,25H,5-7H2,1-4H3. The summed E-state index contributed by atoms with van der Waals surface area (Å²) in [7, 11) is -3.91. The lowest BCUT2D eigenvalue weighted by Gasteiger charge is -2.18. The third-order valence-electron chi connectivity index (χ3n) is 5.28. The van der Waals surface area contributed by atoms with Crippen molar-refractivity contribution in [1.29, 1.82) is 0 Å². The van der Waals surface area contributed by atoms with Gasteiger partial charge in [-0.1, -0.05) is 38.0 Å². The van der Waals surface area contributed by atoms with Crippen LogP contribution in [0.25, 0.3) is 11.0 Å². The first kappa shape index (κ1) is 23.7. The SMILES string of the molecule is CCCC(NS(=O)(=O)c1ccc(C)cc1)C(=O)Oc1ccc2c(CC)cc(=O)oc2c1C. The smallest absolute Gasteiger partial charge is 0.336 e. The van der Waals surface area contributed by atoms with Gasteiger partial charge in [0.05, 0.1) is 4.90 Å². The number of hydrogen-bond donors (Lipinski definition) is 1. The monoisotopic (exact) mass is 457 g/mol. The summed E-state index contributed by atoms with van der Waals surface area (Å²) in [4.78, 5) is 24.9. The van der Waals surface area contributed by atoms with Crippen molar-refractivity contribution in [3.8, 4) is 5.75 Å². The molecular weight excluding hydrogens is 430 g/mol. The van der Waals surface area contributed by atoms with Crippen LogP contribution in [0, 0.1) is 13.8 Å². The molecule has 0 aliphatic heterocycles. The number of fused-ring (bicyclic) bond motifs is 1. The van der Waals surface area contributed by atoms with Crippen LogP contribution in [0.4, 0.5) is 0 Å². The zero-order valence-electron chi connectivity index (χ0n) is 18.6. The van der Waals surface area contributed by atoms with Crippen LogP contribution in [-0.2, 0) is 21.2 Å². The second-order valence-corrected chi connectivity index (χ2v) is 9.42. The maximum Gasteiger partial charge on any atom is 0.336 e. The van der Waals surface area contributed by atoms with E-state index in [4.69, 9.17) is 9.15 Å². The van der Waals surface area contributed by atoms with E-state index in [1.807, 2.05) is 20.8 Å². The van der Waals surface area contributed by atoms with Crippen molar-refractivity contribution in [2.24, 2.45) is 0 Å². The normalized spacial score (nSPS) is 12.6. The van der Waals surface area contributed by atoms with Gasteiger partial charge >= 0.3 is 11.6 Å². The van der Waals surface area contributed by atoms with Crippen molar-refractivity contribution in [2.45, 2.75) is 57.9 Å². The molecule has 170 valence electrons. The van der Waals surface area contributed by atoms with Gasteiger partial charge in [0, 0.05) is 17.0 Å². The summed E-state index contributed by atoms with van der Waals surface area (Å²) in [6.07, 6.45) is 1.49. The van der Waals surface area contributed by atoms with Crippen LogP contribution in [0.5, 0.6) is 5.75 Å². The molecule has 1 heterocycles. The van der Waals surface area contributed by atoms with E-state index in [9.17, 15) is 18.0 Å². The highest BCUT2D eigenvalue weighted by Gasteiger charge is 2.27. The summed E-state index contributed by atoms with van der Waals surface area (Å²) in [5.41, 5.74) is 2.15. The second-order valence-electron chi connectivity index (χ2n) is 7.71. The number of esters is 1. The third kappa shape index (κ3) is 5.08. The van der Waals surface area contributed by atoms with E-state index in [0.29, 0.717) is 24.0 Å². The van der Waals surface area contributed by atoms with E-state index in [1.54, 1.807) is 31.2 Å². The molecule has 0 amide bonds. The molecule has 1 atom stereocenters. The predicted octanol–water partition coefficient (Wildman–Crippen LogP) is 4.02. The zero-order valence-corrected chi connectivity index (χ0v) is 19.4. The Hall–Kier alpha value is -2.97. The van der Waals surface area contributed by atoms with E-state index in [0.717, 1.165) is 16.5 Å². The van der Waals surface area contributed by atoms with Gasteiger partial charge < -0.3 is 9.15 Å². The van der Waals surface area contributed by atoms with Crippen LogP contribution in [0.2, 0.25) is 0 Å². The molecule has 7 nitrogen and oxygen atoms in total. The van der Waals surface area contributed by atoms with Crippen molar-refractivity contribution in [1.82, 2.24) is 4.72 Å². The number of benzene rings is 2. The van der Waals surface area contributed by atoms with Crippen molar-refractivity contribution in [3.05, 3.63) is 69.6 Å². The molecule has 8 heteroatoms. The Morgan fingerprint density at radius 1 is 1.09 bits per heavy atom. The average molecular weight is 458 g/mol. The molecule has 0 saturated heterocycles. The topological polar surface area (TPSA) is 103 Å². The highest BCUT2D eigenvalue weighted by molar-refractivity contribution is 7.89. The molecule has 3 rings (SSSR count). The molecule has 0 radical (unpaired) electrons. The van der Waals surface area contributed by atoms with Crippen LogP contribution in [0.15, 0.2) is 56.6 Å². The lowest BCUT2D eigenvalue weighted by atomic mass is 10.0. The van der Waals surface area contributed by atoms with Crippen LogP contribution < -0.4 is 15.1 Å². The van der Waals surface area contributed by atoms with Crippen molar-refractivity contribution < 1.29 is 22.4 Å². The second kappa shape index (κ2) is 9.67. The van der Waals surface area contributed by atoms with Gasteiger partial charge in [-0.25, -0.2) is 18.0 Å². The van der Waals surface area contributed by atoms with Crippen LogP contribution >= 0.6 is 0 Å². The fourth-order valence-corrected chi connectivity index (χ4v) is 4.70. The number of carbonyl (C=O) groups is 1. The number of sulfonamides is 1. The Balaban J connectivity index is 1.89. The molecule has 1 N–H and O–H groups in total. The highest BCUT2D eigenvalue weighted by Crippen LogP contribution is 2.29. The van der Waals surface area contributed by atoms with Crippen molar-refractivity contribution >= 4 is 27.0 Å². The number of aryl methyl sites for hydroxylation is 3. The van der Waals surface area contributed by atoms with Gasteiger partial charge in [-0.05, 0) is 56.5 Å². The first-order valence-electron chi connectivity index (χ1n) is 10.5. The quantitative estimate of drug-likeness (QED) is 0.311. The Kier molecular flexibility index (Phi) is 7.16. The number of nitrogens with one attached hydrogen (secondary N) is 1. The zero-order chi connectivity index (χ0) is 23.5. The fraction of sp³-hybridized carbons (Fsp3) is 0.333. The minimum Gasteiger partial charge on any atom is -0.425 e. The molecule has 0 fully saturated rings. The summed E-state index contributed by atoms with van der Waals surface area (Å²) in [6.45, 7) is 7.34. The Morgan fingerprint density at radius 3 is 2.41 bits per heavy atom. The Labute approximate surface area is 187 Å². The Morgan fingerprint density at radius 2 is 1.78 bits per heavy atom. The van der Waals surface area contributed by atoms with Gasteiger partial charge in [-0.2, -0.15) is 4.72 Å². The molecule has 2 aromatic carbocycles. The van der Waals surface area contributed by atoms with Gasteiger partial charge in [0.25, 0.3) is 0 Å². The molecule has 0 spiro atoms. The van der Waals surface area contributed by atoms with E-state index in [1.165, 1.54) is 18.2 Å². The fourth-order valence-electron chi connectivity index (χ4n) is 3.48. The minimum atomic E-state index is -3.91. The van der Waals surface area contributed by atoms with Gasteiger partial charge in [0.2, 0.25) is 10.0 Å². The molecule has 3 aromatic rings. The maximum absolute atomic E-state index is 12.9. The van der Waals surface area contributed by atoms with E-state index in [2.05, 4.69) is 4.72 Å². The van der Waals surface area contributed by atoms with Crippen LogP contribution in [0.1, 0.15) is 43.4 Å². The van der Waals surface area contributed by atoms with Gasteiger partial charge in [0.1, 0.15) is 17.4 Å². The Bertz CT molecular complexity index is 1290.